The number of anilines is 1. The van der Waals surface area contributed by atoms with Crippen molar-refractivity contribution in [1.29, 1.82) is 5.41 Å². The monoisotopic (exact) mass is 420 g/mol. The van der Waals surface area contributed by atoms with Crippen LogP contribution in [0.25, 0.3) is 11.1 Å². The Kier molecular flexibility index (Phi) is 20.3. The number of rotatable bonds is 4. The molecule has 4 nitrogen and oxygen atoms in total. The molecular formula is C27H36N2O2. The van der Waals surface area contributed by atoms with Crippen LogP contribution in [0.5, 0.6) is 0 Å². The first kappa shape index (κ1) is 29.7. The summed E-state index contributed by atoms with van der Waals surface area (Å²) in [6.07, 6.45) is 13.6. The maximum absolute atomic E-state index is 10.5. The molecule has 0 radical (unpaired) electrons. The first-order valence-corrected chi connectivity index (χ1v) is 10.4. The van der Waals surface area contributed by atoms with Crippen molar-refractivity contribution in [1.82, 2.24) is 0 Å². The molecule has 4 heteroatoms. The van der Waals surface area contributed by atoms with E-state index < -0.39 is 0 Å². The minimum absolute atomic E-state index is 0.622. The van der Waals surface area contributed by atoms with Gasteiger partial charge in [0, 0.05) is 17.5 Å². The van der Waals surface area contributed by atoms with E-state index in [1.165, 1.54) is 11.8 Å². The van der Waals surface area contributed by atoms with Crippen molar-refractivity contribution in [2.24, 2.45) is 0 Å². The molecule has 1 aliphatic carbocycles. The molecule has 3 rings (SSSR count). The van der Waals surface area contributed by atoms with E-state index in [1.54, 1.807) is 6.07 Å². The van der Waals surface area contributed by atoms with Gasteiger partial charge in [0.2, 0.25) is 6.41 Å². The zero-order chi connectivity index (χ0) is 23.9. The van der Waals surface area contributed by atoms with E-state index in [0.717, 1.165) is 17.5 Å². The molecule has 2 N–H and O–H groups in total. The third kappa shape index (κ3) is 11.9. The first-order chi connectivity index (χ1) is 15.3. The number of hydrogen-bond donors (Lipinski definition) is 2. The number of hydrogen-bond acceptors (Lipinski definition) is 3. The third-order valence-electron chi connectivity index (χ3n) is 3.70. The van der Waals surface area contributed by atoms with Gasteiger partial charge >= 0.3 is 0 Å². The number of carbonyl (C=O) groups is 2. The summed E-state index contributed by atoms with van der Waals surface area (Å²) in [6.45, 7) is 12.1. The van der Waals surface area contributed by atoms with Crippen molar-refractivity contribution in [2.45, 2.75) is 41.0 Å². The molecule has 0 unspecified atom stereocenters. The van der Waals surface area contributed by atoms with Crippen LogP contribution in [0.2, 0.25) is 0 Å². The summed E-state index contributed by atoms with van der Waals surface area (Å²) in [4.78, 5) is 18.5. The van der Waals surface area contributed by atoms with Crippen molar-refractivity contribution in [3.05, 3.63) is 90.0 Å². The molecule has 0 fully saturated rings. The van der Waals surface area contributed by atoms with Crippen molar-refractivity contribution in [3.8, 4) is 11.1 Å². The Hall–Kier alpha value is -3.53. The van der Waals surface area contributed by atoms with Crippen molar-refractivity contribution in [3.63, 3.8) is 0 Å². The van der Waals surface area contributed by atoms with Gasteiger partial charge in [0.15, 0.2) is 0 Å². The van der Waals surface area contributed by atoms with Crippen LogP contribution in [0.3, 0.4) is 0 Å². The number of carbonyl (C=O) groups excluding carboxylic acids is 2. The van der Waals surface area contributed by atoms with Crippen LogP contribution in [0.15, 0.2) is 84.5 Å². The predicted octanol–water partition coefficient (Wildman–Crippen LogP) is 7.24. The largest absolute Gasteiger partial charge is 0.328 e. The fourth-order valence-electron chi connectivity index (χ4n) is 2.47. The van der Waals surface area contributed by atoms with Gasteiger partial charge < -0.3 is 15.5 Å². The number of nitrogens with one attached hydrogen (secondary N) is 2. The first-order valence-electron chi connectivity index (χ1n) is 10.4. The molecule has 0 atom stereocenters. The van der Waals surface area contributed by atoms with Gasteiger partial charge in [-0.05, 0) is 30.5 Å². The fraction of sp³-hybridized carbons (Fsp3) is 0.222. The molecule has 0 saturated heterocycles. The minimum Gasteiger partial charge on any atom is -0.328 e. The van der Waals surface area contributed by atoms with Crippen molar-refractivity contribution >= 4 is 25.1 Å². The lowest BCUT2D eigenvalue weighted by Crippen LogP contribution is -1.99. The highest BCUT2D eigenvalue weighted by Crippen LogP contribution is 2.27. The Morgan fingerprint density at radius 2 is 1.58 bits per heavy atom. The van der Waals surface area contributed by atoms with Gasteiger partial charge in [-0.25, -0.2) is 0 Å². The Morgan fingerprint density at radius 1 is 0.935 bits per heavy atom. The van der Waals surface area contributed by atoms with Crippen LogP contribution >= 0.6 is 0 Å². The molecule has 0 aromatic heterocycles. The lowest BCUT2D eigenvalue weighted by molar-refractivity contribution is -0.105. The van der Waals surface area contributed by atoms with Crippen LogP contribution in [0.4, 0.5) is 5.69 Å². The van der Waals surface area contributed by atoms with Crippen LogP contribution in [0, 0.1) is 5.41 Å². The molecule has 2 aromatic rings. The lowest BCUT2D eigenvalue weighted by atomic mass is 9.99. The van der Waals surface area contributed by atoms with Gasteiger partial charge in [-0.3, -0.25) is 4.79 Å². The van der Waals surface area contributed by atoms with E-state index >= 15 is 0 Å². The second kappa shape index (κ2) is 21.2. The molecule has 2 aromatic carbocycles. The molecule has 166 valence electrons. The summed E-state index contributed by atoms with van der Waals surface area (Å²) in [5.41, 5.74) is 4.66. The number of amides is 1. The number of benzene rings is 2. The summed E-state index contributed by atoms with van der Waals surface area (Å²) in [5, 5.41) is 10.1. The Balaban J connectivity index is 0. The molecular weight excluding hydrogens is 384 g/mol. The quantitative estimate of drug-likeness (QED) is 0.404. The van der Waals surface area contributed by atoms with Gasteiger partial charge in [0.05, 0.1) is 0 Å². The highest BCUT2D eigenvalue weighted by Gasteiger charge is 2.07. The van der Waals surface area contributed by atoms with Crippen molar-refractivity contribution < 1.29 is 9.59 Å². The van der Waals surface area contributed by atoms with E-state index in [9.17, 15) is 4.79 Å². The maximum Gasteiger partial charge on any atom is 0.211 e. The molecule has 31 heavy (non-hydrogen) atoms. The van der Waals surface area contributed by atoms with E-state index in [-0.39, 0.29) is 0 Å². The fourth-order valence-corrected chi connectivity index (χ4v) is 2.47. The Labute approximate surface area is 187 Å². The average molecular weight is 421 g/mol. The molecule has 0 saturated carbocycles. The average Bonchev–Trinajstić information content (AvgIpc) is 3.11. The van der Waals surface area contributed by atoms with E-state index in [1.807, 2.05) is 76.9 Å². The van der Waals surface area contributed by atoms with Crippen molar-refractivity contribution in [2.75, 3.05) is 5.32 Å². The summed E-state index contributed by atoms with van der Waals surface area (Å²) >= 11 is 0. The minimum atomic E-state index is 0.622. The molecule has 0 heterocycles. The van der Waals surface area contributed by atoms with Crippen LogP contribution in [-0.4, -0.2) is 19.4 Å². The zero-order valence-corrected chi connectivity index (χ0v) is 19.4. The van der Waals surface area contributed by atoms with Gasteiger partial charge in [-0.15, -0.1) is 0 Å². The molecule has 1 amide bonds. The van der Waals surface area contributed by atoms with Gasteiger partial charge in [0.25, 0.3) is 0 Å². The highest BCUT2D eigenvalue weighted by molar-refractivity contribution is 5.97. The standard InChI is InChI=1S/C14H12N2O.C8H10.2C2H6.CH2O/c15-9-13-12(11-5-2-1-3-6-11)7-4-8-14(13)16-10-17;1-8-6-4-2-3-5-7-8;3*1-2/h1-10,15H,(H,16,17);2,4-7H,3H2,1H3;2*1-2H3;1H2. The van der Waals surface area contributed by atoms with Crippen LogP contribution < -0.4 is 5.32 Å². The molecule has 0 aliphatic heterocycles. The van der Waals surface area contributed by atoms with Crippen LogP contribution in [-0.2, 0) is 9.59 Å². The van der Waals surface area contributed by atoms with Gasteiger partial charge in [-0.2, -0.15) is 0 Å². The highest BCUT2D eigenvalue weighted by atomic mass is 16.1. The second-order valence-electron chi connectivity index (χ2n) is 5.52. The Bertz CT molecular complexity index is 822. The maximum atomic E-state index is 10.5. The zero-order valence-electron chi connectivity index (χ0n) is 19.4. The predicted molar refractivity (Wildman–Crippen MR) is 136 cm³/mol. The molecule has 0 spiro atoms. The van der Waals surface area contributed by atoms with Gasteiger partial charge in [-0.1, -0.05) is 106 Å². The van der Waals surface area contributed by atoms with Gasteiger partial charge in [0.1, 0.15) is 6.79 Å². The van der Waals surface area contributed by atoms with Crippen LogP contribution in [0.1, 0.15) is 46.6 Å². The normalized spacial score (nSPS) is 10.4. The second-order valence-corrected chi connectivity index (χ2v) is 5.52. The number of allylic oxidation sites excluding steroid dienone is 6. The summed E-state index contributed by atoms with van der Waals surface area (Å²) in [7, 11) is 0. The molecule has 0 bridgehead atoms. The summed E-state index contributed by atoms with van der Waals surface area (Å²) < 4.78 is 0. The van der Waals surface area contributed by atoms with E-state index in [4.69, 9.17) is 10.2 Å². The molecule has 1 aliphatic rings. The SMILES string of the molecule is C=O.CC.CC.CC1=CC=CCC=C1.N=Cc1c(NC=O)cccc1-c1ccccc1. The van der Waals surface area contributed by atoms with E-state index in [0.29, 0.717) is 17.7 Å². The summed E-state index contributed by atoms with van der Waals surface area (Å²) in [6, 6.07) is 15.4. The topological polar surface area (TPSA) is 70.0 Å². The third-order valence-corrected chi connectivity index (χ3v) is 3.70. The lowest BCUT2D eigenvalue weighted by Gasteiger charge is -2.10. The van der Waals surface area contributed by atoms with E-state index in [2.05, 4.69) is 42.6 Å². The smallest absolute Gasteiger partial charge is 0.211 e. The summed E-state index contributed by atoms with van der Waals surface area (Å²) in [5.74, 6) is 0. The Morgan fingerprint density at radius 3 is 2.16 bits per heavy atom.